The summed E-state index contributed by atoms with van der Waals surface area (Å²) in [4.78, 5) is 1.46. The molecule has 10 heteroatoms. The first-order chi connectivity index (χ1) is 14.0. The quantitative estimate of drug-likeness (QED) is 0.329. The van der Waals surface area contributed by atoms with Gasteiger partial charge in [0.25, 0.3) is 5.95 Å². The maximum absolute atomic E-state index is 13.8. The van der Waals surface area contributed by atoms with E-state index in [1.165, 1.54) is 16.9 Å². The summed E-state index contributed by atoms with van der Waals surface area (Å²) in [7, 11) is -3.65. The van der Waals surface area contributed by atoms with Crippen LogP contribution in [-0.4, -0.2) is 33.4 Å². The van der Waals surface area contributed by atoms with E-state index in [9.17, 15) is 8.96 Å². The topological polar surface area (TPSA) is 91.2 Å². The maximum atomic E-state index is 13.8. The normalized spacial score (nSPS) is 12.8. The van der Waals surface area contributed by atoms with Gasteiger partial charge in [-0.25, -0.2) is 4.39 Å². The van der Waals surface area contributed by atoms with Crippen molar-refractivity contribution in [2.45, 2.75) is 65.2 Å². The van der Waals surface area contributed by atoms with Crippen molar-refractivity contribution < 1.29 is 18.0 Å². The Bertz CT molecular complexity index is 757. The molecule has 8 nitrogen and oxygen atoms in total. The molecule has 0 aliphatic rings. The van der Waals surface area contributed by atoms with Gasteiger partial charge in [0.15, 0.2) is 5.78 Å². The first-order valence-electron chi connectivity index (χ1n) is 10.2. The average Bonchev–Trinajstić information content (AvgIpc) is 3.15. The molecule has 0 radical (unpaired) electrons. The number of nitrogens with one attached hydrogen (secondary N) is 1. The molecule has 0 saturated carbocycles. The maximum Gasteiger partial charge on any atom is 0.357 e. The molecule has 1 atom stereocenters. The molecule has 2 aromatic rings. The van der Waals surface area contributed by atoms with E-state index in [4.69, 9.17) is 9.05 Å². The van der Waals surface area contributed by atoms with Crippen molar-refractivity contribution in [1.82, 2.24) is 20.2 Å². The number of tetrazole rings is 1. The molecule has 29 heavy (non-hydrogen) atoms. The third-order valence-electron chi connectivity index (χ3n) is 4.18. The van der Waals surface area contributed by atoms with E-state index in [-0.39, 0.29) is 11.8 Å². The van der Waals surface area contributed by atoms with Crippen molar-refractivity contribution in [3.63, 3.8) is 0 Å². The lowest BCUT2D eigenvalue weighted by Gasteiger charge is -2.27. The van der Waals surface area contributed by atoms with Crippen LogP contribution in [0, 0.1) is 5.82 Å². The van der Waals surface area contributed by atoms with Crippen LogP contribution in [0.3, 0.4) is 0 Å². The lowest BCUT2D eigenvalue weighted by molar-refractivity contribution is 0.194. The smallest absolute Gasteiger partial charge is 0.334 e. The van der Waals surface area contributed by atoms with Gasteiger partial charge in [0, 0.05) is 0 Å². The van der Waals surface area contributed by atoms with Crippen molar-refractivity contribution >= 4 is 13.5 Å². The molecule has 0 saturated heterocycles. The van der Waals surface area contributed by atoms with Crippen molar-refractivity contribution in [3.8, 4) is 0 Å². The van der Waals surface area contributed by atoms with Crippen LogP contribution < -0.4 is 5.32 Å². The van der Waals surface area contributed by atoms with Crippen LogP contribution in [0.5, 0.6) is 0 Å². The number of halogens is 1. The molecule has 162 valence electrons. The number of hydrogen-bond donors (Lipinski definition) is 1. The second-order valence-electron chi connectivity index (χ2n) is 6.72. The lowest BCUT2D eigenvalue weighted by atomic mass is 10.2. The fourth-order valence-corrected chi connectivity index (χ4v) is 4.52. The molecule has 0 aliphatic carbocycles. The van der Waals surface area contributed by atoms with Crippen LogP contribution >= 0.6 is 7.60 Å². The zero-order valence-corrected chi connectivity index (χ0v) is 18.3. The van der Waals surface area contributed by atoms with Crippen LogP contribution in [0.25, 0.3) is 0 Å². The number of benzene rings is 1. The van der Waals surface area contributed by atoms with Crippen molar-refractivity contribution in [3.05, 3.63) is 35.6 Å². The lowest BCUT2D eigenvalue weighted by Crippen LogP contribution is -2.17. The summed E-state index contributed by atoms with van der Waals surface area (Å²) in [6.45, 7) is 7.28. The Balaban J connectivity index is 2.33. The molecule has 1 aromatic heterocycles. The number of aryl methyl sites for hydroxylation is 1. The summed E-state index contributed by atoms with van der Waals surface area (Å²) in [5, 5.41) is 15.3. The van der Waals surface area contributed by atoms with Crippen LogP contribution in [0.2, 0.25) is 0 Å². The predicted molar refractivity (Wildman–Crippen MR) is 110 cm³/mol. The van der Waals surface area contributed by atoms with Gasteiger partial charge in [-0.05, 0) is 42.2 Å². The van der Waals surface area contributed by atoms with E-state index in [1.807, 2.05) is 20.8 Å². The monoisotopic (exact) mass is 427 g/mol. The Morgan fingerprint density at radius 2 is 1.69 bits per heavy atom. The Morgan fingerprint density at radius 3 is 2.24 bits per heavy atom. The fourth-order valence-electron chi connectivity index (χ4n) is 2.57. The predicted octanol–water partition coefficient (Wildman–Crippen LogP) is 5.16. The third kappa shape index (κ3) is 7.17. The summed E-state index contributed by atoms with van der Waals surface area (Å²) in [6, 6.07) is 5.74. The molecule has 1 heterocycles. The Hall–Kier alpha value is -1.83. The molecule has 0 amide bonds. The van der Waals surface area contributed by atoms with Gasteiger partial charge in [0.1, 0.15) is 5.82 Å². The molecule has 0 fully saturated rings. The molecule has 2 rings (SSSR count). The summed E-state index contributed by atoms with van der Waals surface area (Å²) in [5.74, 6) is -1.05. The standard InChI is InChI=1S/C19H31FN5O3P/c1-4-7-14-27-29(26,28-15-8-5-2)18(16-9-11-17(20)12-10-16)21-19-22-24-25(23-19)13-6-3/h9-12,18H,4-8,13-15H2,1-3H3,(H,21,23)/t18-/m0/s1. The van der Waals surface area contributed by atoms with Gasteiger partial charge in [-0.15, -0.1) is 5.10 Å². The van der Waals surface area contributed by atoms with E-state index < -0.39 is 13.4 Å². The Kier molecular flexibility index (Phi) is 9.70. The first-order valence-corrected chi connectivity index (χ1v) is 11.8. The third-order valence-corrected chi connectivity index (χ3v) is 6.33. The highest BCUT2D eigenvalue weighted by Crippen LogP contribution is 2.60. The van der Waals surface area contributed by atoms with E-state index in [2.05, 4.69) is 20.7 Å². The van der Waals surface area contributed by atoms with Crippen LogP contribution in [0.1, 0.15) is 64.2 Å². The minimum Gasteiger partial charge on any atom is -0.334 e. The van der Waals surface area contributed by atoms with Gasteiger partial charge in [0.2, 0.25) is 0 Å². The number of anilines is 1. The van der Waals surface area contributed by atoms with E-state index in [1.54, 1.807) is 12.1 Å². The SMILES string of the molecule is CCCCOP(=O)(OCCCC)[C@H](Nc1nnn(CCC)n1)c1ccc(F)cc1. The zero-order valence-electron chi connectivity index (χ0n) is 17.4. The minimum absolute atomic E-state index is 0.214. The van der Waals surface area contributed by atoms with Gasteiger partial charge < -0.3 is 14.4 Å². The number of nitrogens with zero attached hydrogens (tertiary/aromatic N) is 4. The molecule has 1 N–H and O–H groups in total. The van der Waals surface area contributed by atoms with Gasteiger partial charge >= 0.3 is 7.60 Å². The van der Waals surface area contributed by atoms with Gasteiger partial charge in [-0.2, -0.15) is 4.80 Å². The van der Waals surface area contributed by atoms with E-state index in [0.717, 1.165) is 32.1 Å². The van der Waals surface area contributed by atoms with E-state index in [0.29, 0.717) is 25.3 Å². The molecule has 1 aromatic carbocycles. The molecular formula is C19H31FN5O3P. The molecule has 0 unspecified atom stereocenters. The molecule has 0 bridgehead atoms. The Morgan fingerprint density at radius 1 is 1.07 bits per heavy atom. The number of aromatic nitrogens is 4. The number of unbranched alkanes of at least 4 members (excludes halogenated alkanes) is 2. The summed E-state index contributed by atoms with van der Waals surface area (Å²) < 4.78 is 38.8. The summed E-state index contributed by atoms with van der Waals surface area (Å²) >= 11 is 0. The highest BCUT2D eigenvalue weighted by molar-refractivity contribution is 7.54. The second kappa shape index (κ2) is 12.0. The molecule has 0 aliphatic heterocycles. The van der Waals surface area contributed by atoms with Gasteiger partial charge in [-0.3, -0.25) is 4.57 Å². The molecule has 0 spiro atoms. The minimum atomic E-state index is -3.65. The molecular weight excluding hydrogens is 396 g/mol. The largest absolute Gasteiger partial charge is 0.357 e. The van der Waals surface area contributed by atoms with Crippen molar-refractivity contribution in [1.29, 1.82) is 0 Å². The average molecular weight is 427 g/mol. The van der Waals surface area contributed by atoms with E-state index >= 15 is 0 Å². The summed E-state index contributed by atoms with van der Waals surface area (Å²) in [6.07, 6.45) is 4.16. The zero-order chi connectivity index (χ0) is 21.1. The first kappa shape index (κ1) is 23.4. The summed E-state index contributed by atoms with van der Waals surface area (Å²) in [5.41, 5.74) is 0.564. The highest BCUT2D eigenvalue weighted by atomic mass is 31.2. The van der Waals surface area contributed by atoms with Crippen LogP contribution in [-0.2, 0) is 20.2 Å². The Labute approximate surface area is 171 Å². The fraction of sp³-hybridized carbons (Fsp3) is 0.632. The number of rotatable bonds is 14. The van der Waals surface area contributed by atoms with Gasteiger partial charge in [-0.1, -0.05) is 50.8 Å². The van der Waals surface area contributed by atoms with Gasteiger partial charge in [0.05, 0.1) is 19.8 Å². The van der Waals surface area contributed by atoms with Crippen molar-refractivity contribution in [2.75, 3.05) is 18.5 Å². The highest BCUT2D eigenvalue weighted by Gasteiger charge is 2.38. The van der Waals surface area contributed by atoms with Crippen molar-refractivity contribution in [2.24, 2.45) is 0 Å². The second-order valence-corrected chi connectivity index (χ2v) is 8.83. The van der Waals surface area contributed by atoms with Crippen LogP contribution in [0.4, 0.5) is 10.3 Å². The van der Waals surface area contributed by atoms with Crippen LogP contribution in [0.15, 0.2) is 24.3 Å². The number of hydrogen-bond acceptors (Lipinski definition) is 7.